The molecule has 21 heavy (non-hydrogen) atoms. The molecule has 0 saturated carbocycles. The molecule has 1 aromatic carbocycles. The average molecular weight is 294 g/mol. The molecule has 0 aliphatic carbocycles. The van der Waals surface area contributed by atoms with Crippen LogP contribution in [0.25, 0.3) is 0 Å². The molecule has 1 rings (SSSR count). The smallest absolute Gasteiger partial charge is 0.237 e. The van der Waals surface area contributed by atoms with E-state index in [0.717, 1.165) is 5.56 Å². The van der Waals surface area contributed by atoms with Gasteiger partial charge in [-0.3, -0.25) is 4.79 Å². The van der Waals surface area contributed by atoms with Gasteiger partial charge >= 0.3 is 0 Å². The Bertz CT molecular complexity index is 476. The molecule has 2 unspecified atom stereocenters. The van der Waals surface area contributed by atoms with Gasteiger partial charge in [-0.1, -0.05) is 26.0 Å². The first kappa shape index (κ1) is 17.5. The number of methoxy groups -OCH3 is 1. The summed E-state index contributed by atoms with van der Waals surface area (Å²) >= 11 is 0. The van der Waals surface area contributed by atoms with Crippen LogP contribution in [0.4, 0.5) is 0 Å². The minimum Gasteiger partial charge on any atom is -0.497 e. The van der Waals surface area contributed by atoms with Crippen LogP contribution in [0.5, 0.6) is 5.75 Å². The molecule has 5 heteroatoms. The number of aliphatic hydroxyl groups is 1. The van der Waals surface area contributed by atoms with Gasteiger partial charge in [-0.15, -0.1) is 0 Å². The molecule has 4 N–H and O–H groups in total. The third-order valence-corrected chi connectivity index (χ3v) is 3.52. The zero-order valence-electron chi connectivity index (χ0n) is 13.2. The lowest BCUT2D eigenvalue weighted by Gasteiger charge is -2.30. The van der Waals surface area contributed by atoms with E-state index in [2.05, 4.69) is 5.32 Å². The molecule has 1 amide bonds. The highest BCUT2D eigenvalue weighted by Crippen LogP contribution is 2.21. The molecule has 118 valence electrons. The second-order valence-corrected chi connectivity index (χ2v) is 5.97. The van der Waals surface area contributed by atoms with Gasteiger partial charge in [0.25, 0.3) is 0 Å². The molecule has 0 fully saturated rings. The Kier molecular flexibility index (Phi) is 6.18. The number of amides is 1. The first-order valence-corrected chi connectivity index (χ1v) is 7.15. The van der Waals surface area contributed by atoms with Crippen molar-refractivity contribution in [3.05, 3.63) is 29.8 Å². The van der Waals surface area contributed by atoms with Crippen molar-refractivity contribution in [1.29, 1.82) is 0 Å². The second kappa shape index (κ2) is 7.43. The van der Waals surface area contributed by atoms with Gasteiger partial charge < -0.3 is 20.9 Å². The SMILES string of the molecule is COc1cccc(C(O)CNC(C)(CC(C)C)C(N)=O)c1. The van der Waals surface area contributed by atoms with Crippen molar-refractivity contribution in [3.8, 4) is 5.75 Å². The standard InChI is InChI=1S/C16H26N2O3/c1-11(2)9-16(3,15(17)20)18-10-14(19)12-6-5-7-13(8-12)21-4/h5-8,11,14,18-19H,9-10H2,1-4H3,(H2,17,20). The predicted molar refractivity (Wildman–Crippen MR) is 83.0 cm³/mol. The van der Waals surface area contributed by atoms with E-state index in [4.69, 9.17) is 10.5 Å². The first-order valence-electron chi connectivity index (χ1n) is 7.15. The minimum absolute atomic E-state index is 0.249. The number of primary amides is 1. The van der Waals surface area contributed by atoms with E-state index in [-0.39, 0.29) is 6.54 Å². The third-order valence-electron chi connectivity index (χ3n) is 3.52. The summed E-state index contributed by atoms with van der Waals surface area (Å²) in [5, 5.41) is 13.3. The van der Waals surface area contributed by atoms with Gasteiger partial charge in [0.05, 0.1) is 18.8 Å². The molecule has 1 aromatic rings. The van der Waals surface area contributed by atoms with E-state index in [1.807, 2.05) is 32.0 Å². The number of hydrogen-bond acceptors (Lipinski definition) is 4. The molecule has 5 nitrogen and oxygen atoms in total. The Balaban J connectivity index is 2.73. The maximum absolute atomic E-state index is 11.7. The maximum atomic E-state index is 11.7. The van der Waals surface area contributed by atoms with Crippen molar-refractivity contribution in [2.75, 3.05) is 13.7 Å². The topological polar surface area (TPSA) is 84.6 Å². The molecular formula is C16H26N2O3. The van der Waals surface area contributed by atoms with Crippen LogP contribution in [-0.2, 0) is 4.79 Å². The summed E-state index contributed by atoms with van der Waals surface area (Å²) in [6, 6.07) is 7.23. The van der Waals surface area contributed by atoms with Gasteiger partial charge in [0.15, 0.2) is 0 Å². The molecule has 0 heterocycles. The highest BCUT2D eigenvalue weighted by Gasteiger charge is 2.31. The highest BCUT2D eigenvalue weighted by molar-refractivity contribution is 5.84. The summed E-state index contributed by atoms with van der Waals surface area (Å²) in [5.74, 6) is 0.601. The lowest BCUT2D eigenvalue weighted by atomic mass is 9.89. The van der Waals surface area contributed by atoms with E-state index in [1.54, 1.807) is 20.1 Å². The van der Waals surface area contributed by atoms with Crippen LogP contribution in [0.2, 0.25) is 0 Å². The molecule has 2 atom stereocenters. The summed E-state index contributed by atoms with van der Waals surface area (Å²) in [6.07, 6.45) is -0.112. The molecule has 0 spiro atoms. The molecule has 0 saturated heterocycles. The fourth-order valence-corrected chi connectivity index (χ4v) is 2.36. The lowest BCUT2D eigenvalue weighted by molar-refractivity contribution is -0.124. The number of nitrogens with two attached hydrogens (primary N) is 1. The van der Waals surface area contributed by atoms with Crippen molar-refractivity contribution in [2.45, 2.75) is 38.8 Å². The second-order valence-electron chi connectivity index (χ2n) is 5.97. The van der Waals surface area contributed by atoms with Crippen molar-refractivity contribution in [2.24, 2.45) is 11.7 Å². The van der Waals surface area contributed by atoms with Gasteiger partial charge in [-0.05, 0) is 37.0 Å². The maximum Gasteiger partial charge on any atom is 0.237 e. The summed E-state index contributed by atoms with van der Waals surface area (Å²) in [6.45, 7) is 6.08. The Hall–Kier alpha value is -1.59. The predicted octanol–water partition coefficient (Wildman–Crippen LogP) is 1.61. The van der Waals surface area contributed by atoms with Gasteiger partial charge in [-0.25, -0.2) is 0 Å². The molecule has 0 radical (unpaired) electrons. The summed E-state index contributed by atoms with van der Waals surface area (Å²) in [5.41, 5.74) is 5.40. The Morgan fingerprint density at radius 2 is 2.14 bits per heavy atom. The first-order chi connectivity index (χ1) is 9.78. The zero-order valence-corrected chi connectivity index (χ0v) is 13.2. The number of rotatable bonds is 8. The van der Waals surface area contributed by atoms with Crippen molar-refractivity contribution in [3.63, 3.8) is 0 Å². The quantitative estimate of drug-likeness (QED) is 0.680. The van der Waals surface area contributed by atoms with Crippen LogP contribution in [0, 0.1) is 5.92 Å². The summed E-state index contributed by atoms with van der Waals surface area (Å²) in [7, 11) is 1.58. The van der Waals surface area contributed by atoms with Gasteiger partial charge in [0, 0.05) is 6.54 Å². The Labute approximate surface area is 126 Å². The largest absolute Gasteiger partial charge is 0.497 e. The molecule has 0 aromatic heterocycles. The average Bonchev–Trinajstić information content (AvgIpc) is 2.44. The van der Waals surface area contributed by atoms with Crippen LogP contribution < -0.4 is 15.8 Å². The molecule has 0 bridgehead atoms. The van der Waals surface area contributed by atoms with Crippen molar-refractivity contribution < 1.29 is 14.6 Å². The normalized spacial score (nSPS) is 15.5. The van der Waals surface area contributed by atoms with E-state index >= 15 is 0 Å². The highest BCUT2D eigenvalue weighted by atomic mass is 16.5. The lowest BCUT2D eigenvalue weighted by Crippen LogP contribution is -2.54. The number of ether oxygens (including phenoxy) is 1. The fraction of sp³-hybridized carbons (Fsp3) is 0.562. The van der Waals surface area contributed by atoms with Gasteiger partial charge in [0.2, 0.25) is 5.91 Å². The van der Waals surface area contributed by atoms with Crippen LogP contribution in [0.1, 0.15) is 38.9 Å². The van der Waals surface area contributed by atoms with Crippen LogP contribution in [-0.4, -0.2) is 30.2 Å². The van der Waals surface area contributed by atoms with Crippen LogP contribution >= 0.6 is 0 Å². The minimum atomic E-state index is -0.825. The van der Waals surface area contributed by atoms with Gasteiger partial charge in [-0.2, -0.15) is 0 Å². The Morgan fingerprint density at radius 3 is 2.67 bits per heavy atom. The van der Waals surface area contributed by atoms with E-state index in [1.165, 1.54) is 0 Å². The molecule has 0 aliphatic heterocycles. The number of benzene rings is 1. The summed E-state index contributed by atoms with van der Waals surface area (Å²) in [4.78, 5) is 11.7. The fourth-order valence-electron chi connectivity index (χ4n) is 2.36. The van der Waals surface area contributed by atoms with Crippen LogP contribution in [0.3, 0.4) is 0 Å². The third kappa shape index (κ3) is 5.02. The number of β-amino-alcohol motifs (C(OH)–C–C–N with tert-alkyl or cyclic N) is 1. The van der Waals surface area contributed by atoms with E-state index in [0.29, 0.717) is 18.1 Å². The van der Waals surface area contributed by atoms with E-state index in [9.17, 15) is 9.90 Å². The molecule has 0 aliphatic rings. The summed E-state index contributed by atoms with van der Waals surface area (Å²) < 4.78 is 5.14. The number of nitrogens with one attached hydrogen (secondary N) is 1. The zero-order chi connectivity index (χ0) is 16.0. The van der Waals surface area contributed by atoms with Crippen LogP contribution in [0.15, 0.2) is 24.3 Å². The number of aliphatic hydroxyl groups excluding tert-OH is 1. The van der Waals surface area contributed by atoms with Crippen molar-refractivity contribution in [1.82, 2.24) is 5.32 Å². The Morgan fingerprint density at radius 1 is 1.48 bits per heavy atom. The monoisotopic (exact) mass is 294 g/mol. The molecular weight excluding hydrogens is 268 g/mol. The van der Waals surface area contributed by atoms with E-state index < -0.39 is 17.6 Å². The van der Waals surface area contributed by atoms with Gasteiger partial charge in [0.1, 0.15) is 5.75 Å². The van der Waals surface area contributed by atoms with Crippen molar-refractivity contribution >= 4 is 5.91 Å². The number of carbonyl (C=O) groups excluding carboxylic acids is 1. The number of hydrogen-bond donors (Lipinski definition) is 3. The number of carbonyl (C=O) groups is 1.